The Balaban J connectivity index is 1.60. The molecule has 0 N–H and O–H groups in total. The minimum atomic E-state index is -0.605. The van der Waals surface area contributed by atoms with Gasteiger partial charge in [0.15, 0.2) is 0 Å². The second kappa shape index (κ2) is 11.2. The van der Waals surface area contributed by atoms with Gasteiger partial charge < -0.3 is 18.9 Å². The van der Waals surface area contributed by atoms with E-state index >= 15 is 0 Å². The highest BCUT2D eigenvalue weighted by molar-refractivity contribution is 6.32. The second-order valence-corrected chi connectivity index (χ2v) is 8.45. The third-order valence-corrected chi connectivity index (χ3v) is 5.93. The van der Waals surface area contributed by atoms with Crippen molar-refractivity contribution in [3.05, 3.63) is 58.7 Å². The Bertz CT molecular complexity index is 1110. The second-order valence-electron chi connectivity index (χ2n) is 8.04. The van der Waals surface area contributed by atoms with E-state index in [1.807, 2.05) is 24.3 Å². The maximum Gasteiger partial charge on any atom is 0.364 e. The molecule has 0 atom stereocenters. The number of hydrogen-bond acceptors (Lipinski definition) is 7. The number of hydrogen-bond donors (Lipinski definition) is 0. The first kappa shape index (κ1) is 23.9. The number of ether oxygens (including phenoxy) is 4. The van der Waals surface area contributed by atoms with E-state index in [1.54, 1.807) is 32.2 Å². The molecule has 1 aliphatic rings. The van der Waals surface area contributed by atoms with E-state index in [0.29, 0.717) is 23.1 Å². The maximum atomic E-state index is 12.5. The number of carbonyl (C=O) groups excluding carboxylic acids is 1. The minimum absolute atomic E-state index is 0.0000561. The third kappa shape index (κ3) is 5.80. The first-order chi connectivity index (χ1) is 16.6. The van der Waals surface area contributed by atoms with E-state index in [9.17, 15) is 4.79 Å². The Labute approximate surface area is 203 Å². The molecule has 34 heavy (non-hydrogen) atoms. The van der Waals surface area contributed by atoms with Gasteiger partial charge >= 0.3 is 5.97 Å². The highest BCUT2D eigenvalue weighted by Gasteiger charge is 2.24. The SMILES string of the molecule is CCOC(=O)c1nnn(Cc2ccc(OC)cc2)c1Oc1ccc(Cl)c(OC2CCCCC2)c1. The van der Waals surface area contributed by atoms with Gasteiger partial charge in [-0.05, 0) is 62.4 Å². The van der Waals surface area contributed by atoms with Gasteiger partial charge in [-0.3, -0.25) is 0 Å². The molecule has 1 saturated carbocycles. The van der Waals surface area contributed by atoms with Crippen LogP contribution >= 0.6 is 11.6 Å². The van der Waals surface area contributed by atoms with Crippen molar-refractivity contribution in [1.29, 1.82) is 0 Å². The predicted octanol–water partition coefficient (Wildman–Crippen LogP) is 5.67. The van der Waals surface area contributed by atoms with Gasteiger partial charge in [-0.1, -0.05) is 35.4 Å². The van der Waals surface area contributed by atoms with E-state index < -0.39 is 5.97 Å². The van der Waals surface area contributed by atoms with E-state index in [-0.39, 0.29) is 24.3 Å². The Kier molecular flexibility index (Phi) is 7.90. The van der Waals surface area contributed by atoms with Crippen LogP contribution in [0.25, 0.3) is 0 Å². The van der Waals surface area contributed by atoms with Crippen molar-refractivity contribution >= 4 is 17.6 Å². The molecule has 180 valence electrons. The molecule has 1 heterocycles. The summed E-state index contributed by atoms with van der Waals surface area (Å²) in [5.74, 6) is 1.33. The van der Waals surface area contributed by atoms with Crippen molar-refractivity contribution in [2.75, 3.05) is 13.7 Å². The number of carbonyl (C=O) groups is 1. The van der Waals surface area contributed by atoms with Gasteiger partial charge in [-0.25, -0.2) is 9.48 Å². The molecule has 0 aliphatic heterocycles. The Hall–Kier alpha value is -3.26. The minimum Gasteiger partial charge on any atom is -0.497 e. The third-order valence-electron chi connectivity index (χ3n) is 5.61. The van der Waals surface area contributed by atoms with E-state index in [1.165, 1.54) is 11.1 Å². The summed E-state index contributed by atoms with van der Waals surface area (Å²) in [4.78, 5) is 12.5. The van der Waals surface area contributed by atoms with E-state index in [2.05, 4.69) is 10.3 Å². The van der Waals surface area contributed by atoms with Crippen molar-refractivity contribution in [3.8, 4) is 23.1 Å². The lowest BCUT2D eigenvalue weighted by Crippen LogP contribution is -2.19. The number of esters is 1. The van der Waals surface area contributed by atoms with Crippen LogP contribution in [-0.2, 0) is 11.3 Å². The topological polar surface area (TPSA) is 84.7 Å². The summed E-state index contributed by atoms with van der Waals surface area (Å²) in [6, 6.07) is 12.7. The molecule has 1 fully saturated rings. The van der Waals surface area contributed by atoms with Crippen molar-refractivity contribution in [3.63, 3.8) is 0 Å². The summed E-state index contributed by atoms with van der Waals surface area (Å²) < 4.78 is 24.2. The summed E-state index contributed by atoms with van der Waals surface area (Å²) in [7, 11) is 1.61. The Morgan fingerprint density at radius 2 is 1.82 bits per heavy atom. The molecular weight excluding hydrogens is 458 g/mol. The Morgan fingerprint density at radius 1 is 1.09 bits per heavy atom. The van der Waals surface area contributed by atoms with Crippen LogP contribution in [0.3, 0.4) is 0 Å². The van der Waals surface area contributed by atoms with Gasteiger partial charge in [0, 0.05) is 6.07 Å². The summed E-state index contributed by atoms with van der Waals surface area (Å²) in [6.45, 7) is 2.28. The summed E-state index contributed by atoms with van der Waals surface area (Å²) >= 11 is 6.39. The molecule has 1 aliphatic carbocycles. The average Bonchev–Trinajstić information content (AvgIpc) is 3.24. The highest BCUT2D eigenvalue weighted by Crippen LogP contribution is 2.35. The average molecular weight is 486 g/mol. The fourth-order valence-corrected chi connectivity index (χ4v) is 4.01. The zero-order chi connectivity index (χ0) is 23.9. The highest BCUT2D eigenvalue weighted by atomic mass is 35.5. The van der Waals surface area contributed by atoms with Gasteiger partial charge in [0.1, 0.15) is 17.2 Å². The molecule has 0 saturated heterocycles. The van der Waals surface area contributed by atoms with Crippen LogP contribution in [0.2, 0.25) is 5.02 Å². The summed E-state index contributed by atoms with van der Waals surface area (Å²) in [6.07, 6.45) is 5.69. The van der Waals surface area contributed by atoms with Crippen LogP contribution in [0, 0.1) is 0 Å². The molecule has 0 bridgehead atoms. The quantitative estimate of drug-likeness (QED) is 0.361. The molecule has 9 heteroatoms. The fourth-order valence-electron chi connectivity index (χ4n) is 3.85. The van der Waals surface area contributed by atoms with Crippen molar-refractivity contribution in [2.45, 2.75) is 51.7 Å². The monoisotopic (exact) mass is 485 g/mol. The van der Waals surface area contributed by atoms with Crippen LogP contribution in [0.1, 0.15) is 55.1 Å². The zero-order valence-electron chi connectivity index (χ0n) is 19.3. The number of benzene rings is 2. The van der Waals surface area contributed by atoms with Crippen LogP contribution in [0.15, 0.2) is 42.5 Å². The number of rotatable bonds is 9. The number of nitrogens with zero attached hydrogens (tertiary/aromatic N) is 3. The number of halogens is 1. The summed E-state index contributed by atoms with van der Waals surface area (Å²) in [5.41, 5.74) is 0.934. The van der Waals surface area contributed by atoms with Crippen molar-refractivity contribution in [1.82, 2.24) is 15.0 Å². The Morgan fingerprint density at radius 3 is 2.53 bits per heavy atom. The normalized spacial score (nSPS) is 14.0. The molecule has 2 aromatic carbocycles. The lowest BCUT2D eigenvalue weighted by atomic mass is 9.98. The predicted molar refractivity (Wildman–Crippen MR) is 127 cm³/mol. The molecule has 1 aromatic heterocycles. The van der Waals surface area contributed by atoms with Gasteiger partial charge in [-0.2, -0.15) is 0 Å². The first-order valence-corrected chi connectivity index (χ1v) is 11.8. The summed E-state index contributed by atoms with van der Waals surface area (Å²) in [5, 5.41) is 8.67. The van der Waals surface area contributed by atoms with Gasteiger partial charge in [0.05, 0.1) is 31.4 Å². The fraction of sp³-hybridized carbons (Fsp3) is 0.400. The smallest absolute Gasteiger partial charge is 0.364 e. The molecule has 3 aromatic rings. The molecule has 0 spiro atoms. The molecule has 0 radical (unpaired) electrons. The molecule has 0 amide bonds. The zero-order valence-corrected chi connectivity index (χ0v) is 20.1. The van der Waals surface area contributed by atoms with Gasteiger partial charge in [0.2, 0.25) is 5.69 Å². The van der Waals surface area contributed by atoms with Gasteiger partial charge in [-0.15, -0.1) is 5.10 Å². The van der Waals surface area contributed by atoms with Crippen molar-refractivity contribution < 1.29 is 23.7 Å². The standard InChI is InChI=1S/C25H28ClN3O5/c1-3-32-25(30)23-24(29(28-27-23)16-17-9-11-18(31-2)12-10-17)34-20-13-14-21(26)22(15-20)33-19-7-5-4-6-8-19/h9-15,19H,3-8,16H2,1-2H3. The molecule has 8 nitrogen and oxygen atoms in total. The first-order valence-electron chi connectivity index (χ1n) is 11.4. The number of methoxy groups -OCH3 is 1. The lowest BCUT2D eigenvalue weighted by Gasteiger charge is -2.23. The molecular formula is C25H28ClN3O5. The molecule has 4 rings (SSSR count). The van der Waals surface area contributed by atoms with Gasteiger partial charge in [0.25, 0.3) is 5.88 Å². The largest absolute Gasteiger partial charge is 0.497 e. The van der Waals surface area contributed by atoms with Crippen LogP contribution < -0.4 is 14.2 Å². The van der Waals surface area contributed by atoms with Crippen LogP contribution in [-0.4, -0.2) is 40.8 Å². The van der Waals surface area contributed by atoms with E-state index in [0.717, 1.165) is 37.0 Å². The maximum absolute atomic E-state index is 12.5. The number of aromatic nitrogens is 3. The van der Waals surface area contributed by atoms with Crippen LogP contribution in [0.5, 0.6) is 23.1 Å². The van der Waals surface area contributed by atoms with Crippen molar-refractivity contribution in [2.24, 2.45) is 0 Å². The van der Waals surface area contributed by atoms with E-state index in [4.69, 9.17) is 30.5 Å². The lowest BCUT2D eigenvalue weighted by molar-refractivity contribution is 0.0516. The van der Waals surface area contributed by atoms with Crippen LogP contribution in [0.4, 0.5) is 0 Å². The molecule has 0 unspecified atom stereocenters.